The number of ether oxygens (including phenoxy) is 1. The van der Waals surface area contributed by atoms with Crippen LogP contribution < -0.4 is 15.4 Å². The zero-order valence-electron chi connectivity index (χ0n) is 21.9. The maximum absolute atomic E-state index is 12.8. The monoisotopic (exact) mass is 561 g/mol. The fourth-order valence-corrected chi connectivity index (χ4v) is 5.68. The predicted octanol–water partition coefficient (Wildman–Crippen LogP) is 4.58. The molecule has 1 fully saturated rings. The first-order valence-corrected chi connectivity index (χ1v) is 13.4. The maximum atomic E-state index is 12.8. The van der Waals surface area contributed by atoms with Gasteiger partial charge < -0.3 is 29.7 Å². The number of benzene rings is 2. The van der Waals surface area contributed by atoms with Crippen molar-refractivity contribution in [3.05, 3.63) is 42.0 Å². The van der Waals surface area contributed by atoms with Crippen molar-refractivity contribution in [1.82, 2.24) is 29.7 Å². The summed E-state index contributed by atoms with van der Waals surface area (Å²) in [6, 6.07) is 9.99. The SMILES string of the molecule is CN(C)C1CCN(CCNC(=O)c2ccc3c(c2)nc(Nc2nc4ccc(OC(F)(F)F)cc4s2)n3C)CC1. The molecule has 1 saturated heterocycles. The van der Waals surface area contributed by atoms with Crippen LogP contribution in [-0.4, -0.2) is 82.9 Å². The Balaban J connectivity index is 1.22. The quantitative estimate of drug-likeness (QED) is 0.326. The summed E-state index contributed by atoms with van der Waals surface area (Å²) >= 11 is 1.19. The molecule has 3 heterocycles. The number of imidazole rings is 1. The molecule has 0 saturated carbocycles. The highest BCUT2D eigenvalue weighted by Gasteiger charge is 2.31. The molecule has 0 atom stereocenters. The number of hydrogen-bond donors (Lipinski definition) is 2. The van der Waals surface area contributed by atoms with E-state index in [1.54, 1.807) is 12.1 Å². The van der Waals surface area contributed by atoms with Crippen molar-refractivity contribution in [3.63, 3.8) is 0 Å². The van der Waals surface area contributed by atoms with Crippen molar-refractivity contribution < 1.29 is 22.7 Å². The van der Waals surface area contributed by atoms with Gasteiger partial charge in [-0.1, -0.05) is 11.3 Å². The maximum Gasteiger partial charge on any atom is 0.573 e. The lowest BCUT2D eigenvalue weighted by molar-refractivity contribution is -0.274. The summed E-state index contributed by atoms with van der Waals surface area (Å²) in [5, 5.41) is 6.62. The van der Waals surface area contributed by atoms with Gasteiger partial charge in [-0.3, -0.25) is 4.79 Å². The highest BCUT2D eigenvalue weighted by molar-refractivity contribution is 7.22. The number of piperidine rings is 1. The smallest absolute Gasteiger partial charge is 0.406 e. The molecule has 39 heavy (non-hydrogen) atoms. The Morgan fingerprint density at radius 3 is 2.62 bits per heavy atom. The zero-order valence-corrected chi connectivity index (χ0v) is 22.7. The molecule has 2 aromatic carbocycles. The molecule has 1 aliphatic rings. The van der Waals surface area contributed by atoms with Gasteiger partial charge in [0.05, 0.1) is 21.3 Å². The molecular weight excluding hydrogens is 531 g/mol. The molecule has 0 bridgehead atoms. The average molecular weight is 562 g/mol. The molecular formula is C26H30F3N7O2S. The van der Waals surface area contributed by atoms with Crippen LogP contribution >= 0.6 is 11.3 Å². The number of anilines is 2. The number of halogens is 3. The van der Waals surface area contributed by atoms with E-state index in [1.165, 1.54) is 29.5 Å². The Morgan fingerprint density at radius 1 is 1.13 bits per heavy atom. The van der Waals surface area contributed by atoms with Crippen LogP contribution in [0.25, 0.3) is 21.3 Å². The minimum atomic E-state index is -4.76. The summed E-state index contributed by atoms with van der Waals surface area (Å²) < 4.78 is 44.0. The number of nitrogens with one attached hydrogen (secondary N) is 2. The molecule has 208 valence electrons. The number of hydrogen-bond acceptors (Lipinski definition) is 8. The van der Waals surface area contributed by atoms with Gasteiger partial charge in [0.25, 0.3) is 5.91 Å². The van der Waals surface area contributed by atoms with Gasteiger partial charge in [0.1, 0.15) is 5.75 Å². The number of aryl methyl sites for hydroxylation is 1. The van der Waals surface area contributed by atoms with Gasteiger partial charge in [0.2, 0.25) is 5.95 Å². The Hall–Kier alpha value is -3.42. The van der Waals surface area contributed by atoms with Gasteiger partial charge in [0, 0.05) is 37.8 Å². The number of carbonyl (C=O) groups excluding carboxylic acids is 1. The first-order chi connectivity index (χ1) is 18.6. The molecule has 0 radical (unpaired) electrons. The second-order valence-electron chi connectivity index (χ2n) is 9.81. The number of alkyl halides is 3. The van der Waals surface area contributed by atoms with E-state index in [4.69, 9.17) is 0 Å². The zero-order chi connectivity index (χ0) is 27.7. The van der Waals surface area contributed by atoms with E-state index in [-0.39, 0.29) is 11.7 Å². The van der Waals surface area contributed by atoms with Crippen LogP contribution in [0.1, 0.15) is 23.2 Å². The van der Waals surface area contributed by atoms with Crippen molar-refractivity contribution in [2.45, 2.75) is 25.2 Å². The van der Waals surface area contributed by atoms with E-state index in [0.717, 1.165) is 38.0 Å². The van der Waals surface area contributed by atoms with Crippen molar-refractivity contribution >= 4 is 49.6 Å². The van der Waals surface area contributed by atoms with Crippen LogP contribution in [0.2, 0.25) is 0 Å². The van der Waals surface area contributed by atoms with Crippen molar-refractivity contribution in [2.24, 2.45) is 7.05 Å². The van der Waals surface area contributed by atoms with Gasteiger partial charge in [-0.25, -0.2) is 9.97 Å². The Bertz CT molecular complexity index is 1480. The summed E-state index contributed by atoms with van der Waals surface area (Å²) in [6.45, 7) is 3.46. The van der Waals surface area contributed by atoms with E-state index >= 15 is 0 Å². The molecule has 4 aromatic rings. The summed E-state index contributed by atoms with van der Waals surface area (Å²) in [5.74, 6) is 0.0467. The van der Waals surface area contributed by atoms with Crippen LogP contribution in [0.5, 0.6) is 5.75 Å². The van der Waals surface area contributed by atoms with Gasteiger partial charge in [-0.2, -0.15) is 0 Å². The van der Waals surface area contributed by atoms with Crippen LogP contribution in [0, 0.1) is 0 Å². The number of rotatable bonds is 8. The van der Waals surface area contributed by atoms with Gasteiger partial charge in [-0.05, 0) is 70.4 Å². The standard InChI is InChI=1S/C26H30F3N7O2S/c1-34(2)17-8-11-36(12-9-17)13-10-30-23(37)16-4-7-21-20(14-16)31-24(35(21)3)33-25-32-19-6-5-18(15-22(19)39-25)38-26(27,28)29/h4-7,14-15,17H,8-13H2,1-3H3,(H,30,37)(H,31,32,33). The van der Waals surface area contributed by atoms with Crippen LogP contribution in [0.3, 0.4) is 0 Å². The molecule has 9 nitrogen and oxygen atoms in total. The number of nitrogens with zero attached hydrogens (tertiary/aromatic N) is 5. The normalized spacial score (nSPS) is 15.4. The first kappa shape index (κ1) is 27.2. The molecule has 0 unspecified atom stereocenters. The van der Waals surface area contributed by atoms with Gasteiger partial charge in [-0.15, -0.1) is 13.2 Å². The molecule has 0 spiro atoms. The number of amides is 1. The lowest BCUT2D eigenvalue weighted by Crippen LogP contribution is -2.44. The molecule has 2 N–H and O–H groups in total. The fourth-order valence-electron chi connectivity index (χ4n) is 4.79. The third-order valence-corrected chi connectivity index (χ3v) is 7.89. The number of carbonyl (C=O) groups is 1. The van der Waals surface area contributed by atoms with Gasteiger partial charge in [0.15, 0.2) is 5.13 Å². The topological polar surface area (TPSA) is 87.6 Å². The predicted molar refractivity (Wildman–Crippen MR) is 146 cm³/mol. The fraction of sp³-hybridized carbons (Fsp3) is 0.423. The lowest BCUT2D eigenvalue weighted by Gasteiger charge is -2.35. The Labute approximate surface area is 227 Å². The van der Waals surface area contributed by atoms with E-state index in [2.05, 4.69) is 49.2 Å². The second kappa shape index (κ2) is 11.0. The number of fused-ring (bicyclic) bond motifs is 2. The van der Waals surface area contributed by atoms with Crippen LogP contribution in [0.4, 0.5) is 24.3 Å². The minimum absolute atomic E-state index is 0.150. The average Bonchev–Trinajstić information content (AvgIpc) is 3.42. The highest BCUT2D eigenvalue weighted by Crippen LogP contribution is 2.33. The summed E-state index contributed by atoms with van der Waals surface area (Å²) in [5.41, 5.74) is 2.52. The van der Waals surface area contributed by atoms with Crippen LogP contribution in [0.15, 0.2) is 36.4 Å². The van der Waals surface area contributed by atoms with E-state index in [1.807, 2.05) is 17.7 Å². The third kappa shape index (κ3) is 6.43. The number of likely N-dealkylation sites (tertiary alicyclic amines) is 1. The molecule has 2 aromatic heterocycles. The number of thiazole rings is 1. The Kier molecular flexibility index (Phi) is 7.65. The van der Waals surface area contributed by atoms with Crippen molar-refractivity contribution in [1.29, 1.82) is 0 Å². The van der Waals surface area contributed by atoms with Crippen molar-refractivity contribution in [3.8, 4) is 5.75 Å². The molecule has 0 aliphatic carbocycles. The van der Waals surface area contributed by atoms with Crippen molar-refractivity contribution in [2.75, 3.05) is 45.6 Å². The molecule has 1 aliphatic heterocycles. The molecule has 1 amide bonds. The lowest BCUT2D eigenvalue weighted by atomic mass is 10.0. The largest absolute Gasteiger partial charge is 0.573 e. The number of aromatic nitrogens is 3. The highest BCUT2D eigenvalue weighted by atomic mass is 32.1. The minimum Gasteiger partial charge on any atom is -0.406 e. The third-order valence-electron chi connectivity index (χ3n) is 6.96. The summed E-state index contributed by atoms with van der Waals surface area (Å²) in [4.78, 5) is 26.5. The molecule has 5 rings (SSSR count). The van der Waals surface area contributed by atoms with E-state index in [9.17, 15) is 18.0 Å². The first-order valence-electron chi connectivity index (χ1n) is 12.6. The Morgan fingerprint density at radius 2 is 1.90 bits per heavy atom. The molecule has 13 heteroatoms. The van der Waals surface area contributed by atoms with E-state index < -0.39 is 6.36 Å². The van der Waals surface area contributed by atoms with E-state index in [0.29, 0.717) is 45.0 Å². The summed E-state index contributed by atoms with van der Waals surface area (Å²) in [7, 11) is 6.07. The second-order valence-corrected chi connectivity index (χ2v) is 10.8. The van der Waals surface area contributed by atoms with Crippen LogP contribution in [-0.2, 0) is 7.05 Å². The van der Waals surface area contributed by atoms with Gasteiger partial charge >= 0.3 is 6.36 Å². The summed E-state index contributed by atoms with van der Waals surface area (Å²) in [6.07, 6.45) is -2.48.